The lowest BCUT2D eigenvalue weighted by molar-refractivity contribution is -0.0411. The molecule has 7 aromatic carbocycles. The molecule has 2 aliphatic rings. The summed E-state index contributed by atoms with van der Waals surface area (Å²) in [7, 11) is 0. The van der Waals surface area contributed by atoms with Crippen molar-refractivity contribution >= 4 is 21.8 Å². The van der Waals surface area contributed by atoms with Gasteiger partial charge in [0.1, 0.15) is 0 Å². The summed E-state index contributed by atoms with van der Waals surface area (Å²) >= 11 is 0. The van der Waals surface area contributed by atoms with Gasteiger partial charge in [-0.25, -0.2) is 0 Å². The van der Waals surface area contributed by atoms with Crippen LogP contribution < -0.4 is 9.47 Å². The van der Waals surface area contributed by atoms with Gasteiger partial charge in [0.05, 0.1) is 16.4 Å². The highest BCUT2D eigenvalue weighted by Gasteiger charge is 2.52. The van der Waals surface area contributed by atoms with Gasteiger partial charge in [-0.15, -0.1) is 0 Å². The predicted octanol–water partition coefficient (Wildman–Crippen LogP) is 10.8. The molecule has 1 aromatic heterocycles. The van der Waals surface area contributed by atoms with Crippen LogP contribution in [0.3, 0.4) is 0 Å². The van der Waals surface area contributed by atoms with Crippen molar-refractivity contribution in [1.82, 2.24) is 4.57 Å². The normalized spacial score (nSPS) is 13.7. The minimum atomic E-state index is -1.04. The largest absolute Gasteiger partial charge is 0.440 e. The highest BCUT2D eigenvalue weighted by Crippen LogP contribution is 2.58. The molecule has 0 saturated carbocycles. The van der Waals surface area contributed by atoms with Gasteiger partial charge in [0, 0.05) is 22.2 Å². The van der Waals surface area contributed by atoms with Gasteiger partial charge in [0.2, 0.25) is 0 Å². The maximum atomic E-state index is 7.17. The SMILES string of the molecule is c1ccc(-c2ccc(-n3c4ccc(-c5ccccc5)cc4c4c5c(ccc43)OC3(O5)c4ccccc4-c4ccccc43)cc2)cc1. The molecule has 1 spiro atoms. The molecule has 46 heavy (non-hydrogen) atoms. The van der Waals surface area contributed by atoms with Crippen LogP contribution in [-0.4, -0.2) is 4.57 Å². The Morgan fingerprint density at radius 1 is 0.435 bits per heavy atom. The van der Waals surface area contributed by atoms with Gasteiger partial charge in [-0.3, -0.25) is 0 Å². The fourth-order valence-electron chi connectivity index (χ4n) is 7.46. The Hall–Kier alpha value is -6.06. The Labute approximate surface area is 266 Å². The maximum absolute atomic E-state index is 7.17. The number of rotatable bonds is 3. The lowest BCUT2D eigenvalue weighted by Gasteiger charge is -2.25. The summed E-state index contributed by atoms with van der Waals surface area (Å²) in [6.45, 7) is 0. The maximum Gasteiger partial charge on any atom is 0.306 e. The topological polar surface area (TPSA) is 23.4 Å². The second kappa shape index (κ2) is 9.47. The number of ether oxygens (including phenoxy) is 2. The van der Waals surface area contributed by atoms with E-state index < -0.39 is 5.79 Å². The molecule has 1 aliphatic carbocycles. The Bertz CT molecular complexity index is 2410. The molecule has 0 atom stereocenters. The van der Waals surface area contributed by atoms with Crippen LogP contribution >= 0.6 is 0 Å². The summed E-state index contributed by atoms with van der Waals surface area (Å²) in [5.74, 6) is 0.494. The first-order chi connectivity index (χ1) is 22.8. The first kappa shape index (κ1) is 25.3. The van der Waals surface area contributed by atoms with E-state index in [0.717, 1.165) is 66.8 Å². The molecule has 0 fully saturated rings. The van der Waals surface area contributed by atoms with Crippen molar-refractivity contribution in [1.29, 1.82) is 0 Å². The highest BCUT2D eigenvalue weighted by atomic mass is 16.7. The molecule has 216 valence electrons. The molecule has 2 heterocycles. The quantitative estimate of drug-likeness (QED) is 0.205. The smallest absolute Gasteiger partial charge is 0.306 e. The number of benzene rings is 7. The standard InChI is InChI=1S/C43H27NO2/c1-3-11-28(12-4-1)30-19-22-32(23-20-30)44-38-24-21-31(29-13-5-2-6-14-29)27-35(38)41-39(44)25-26-40-42(41)46-43(45-40)36-17-9-7-15-33(36)34-16-8-10-18-37(34)43/h1-27H. The summed E-state index contributed by atoms with van der Waals surface area (Å²) < 4.78 is 16.4. The fourth-order valence-corrected chi connectivity index (χ4v) is 7.46. The number of aromatic nitrogens is 1. The van der Waals surface area contributed by atoms with Crippen molar-refractivity contribution in [3.05, 3.63) is 175 Å². The third-order valence-corrected chi connectivity index (χ3v) is 9.54. The zero-order valence-electron chi connectivity index (χ0n) is 24.9. The summed E-state index contributed by atoms with van der Waals surface area (Å²) in [6, 6.07) is 57.8. The second-order valence-corrected chi connectivity index (χ2v) is 12.0. The molecule has 8 aromatic rings. The van der Waals surface area contributed by atoms with E-state index in [1.807, 2.05) is 0 Å². The molecule has 1 aliphatic heterocycles. The van der Waals surface area contributed by atoms with E-state index in [4.69, 9.17) is 9.47 Å². The van der Waals surface area contributed by atoms with E-state index in [1.165, 1.54) is 16.7 Å². The van der Waals surface area contributed by atoms with Crippen LogP contribution in [0.25, 0.3) is 60.9 Å². The van der Waals surface area contributed by atoms with Gasteiger partial charge in [0.15, 0.2) is 11.5 Å². The van der Waals surface area contributed by atoms with Crippen molar-refractivity contribution in [2.24, 2.45) is 0 Å². The van der Waals surface area contributed by atoms with Crippen LogP contribution in [0.2, 0.25) is 0 Å². The summed E-state index contributed by atoms with van der Waals surface area (Å²) in [5.41, 5.74) is 12.4. The van der Waals surface area contributed by atoms with Gasteiger partial charge in [0.25, 0.3) is 0 Å². The first-order valence-corrected chi connectivity index (χ1v) is 15.7. The molecule has 0 radical (unpaired) electrons. The second-order valence-electron chi connectivity index (χ2n) is 12.0. The van der Waals surface area contributed by atoms with E-state index >= 15 is 0 Å². The minimum absolute atomic E-state index is 0.752. The summed E-state index contributed by atoms with van der Waals surface area (Å²) in [4.78, 5) is 0. The predicted molar refractivity (Wildman–Crippen MR) is 186 cm³/mol. The van der Waals surface area contributed by atoms with E-state index in [2.05, 4.69) is 168 Å². The molecular formula is C43H27NO2. The molecule has 0 saturated heterocycles. The lowest BCUT2D eigenvalue weighted by atomic mass is 10.0. The van der Waals surface area contributed by atoms with Crippen LogP contribution in [0.1, 0.15) is 11.1 Å². The zero-order chi connectivity index (χ0) is 30.2. The average Bonchev–Trinajstić information content (AvgIpc) is 3.77. The number of hydrogen-bond acceptors (Lipinski definition) is 2. The van der Waals surface area contributed by atoms with Crippen LogP contribution in [0.4, 0.5) is 0 Å². The van der Waals surface area contributed by atoms with Gasteiger partial charge in [-0.05, 0) is 69.8 Å². The van der Waals surface area contributed by atoms with Crippen molar-refractivity contribution in [2.75, 3.05) is 0 Å². The number of nitrogens with zero attached hydrogens (tertiary/aromatic N) is 1. The van der Waals surface area contributed by atoms with E-state index in [-0.39, 0.29) is 0 Å². The van der Waals surface area contributed by atoms with E-state index in [0.29, 0.717) is 0 Å². The molecule has 0 amide bonds. The number of fused-ring (bicyclic) bond motifs is 10. The Morgan fingerprint density at radius 3 is 1.65 bits per heavy atom. The molecule has 3 heteroatoms. The summed E-state index contributed by atoms with van der Waals surface area (Å²) in [5, 5.41) is 2.18. The van der Waals surface area contributed by atoms with Crippen molar-refractivity contribution < 1.29 is 9.47 Å². The van der Waals surface area contributed by atoms with Crippen LogP contribution in [0.5, 0.6) is 11.5 Å². The fraction of sp³-hybridized carbons (Fsp3) is 0.0233. The van der Waals surface area contributed by atoms with Crippen LogP contribution in [0.15, 0.2) is 164 Å². The van der Waals surface area contributed by atoms with Gasteiger partial charge in [-0.2, -0.15) is 0 Å². The zero-order valence-corrected chi connectivity index (χ0v) is 24.9. The Kier molecular flexibility index (Phi) is 5.20. The average molecular weight is 590 g/mol. The molecule has 0 N–H and O–H groups in total. The van der Waals surface area contributed by atoms with Crippen molar-refractivity contribution in [2.45, 2.75) is 5.79 Å². The molecule has 0 bridgehead atoms. The van der Waals surface area contributed by atoms with Gasteiger partial charge >= 0.3 is 5.79 Å². The number of hydrogen-bond donors (Lipinski definition) is 0. The van der Waals surface area contributed by atoms with Crippen molar-refractivity contribution in [3.63, 3.8) is 0 Å². The molecule has 3 nitrogen and oxygen atoms in total. The molecule has 0 unspecified atom stereocenters. The third-order valence-electron chi connectivity index (χ3n) is 9.54. The summed E-state index contributed by atoms with van der Waals surface area (Å²) in [6.07, 6.45) is 0. The van der Waals surface area contributed by atoms with Gasteiger partial charge < -0.3 is 14.0 Å². The Balaban J connectivity index is 1.22. The lowest BCUT2D eigenvalue weighted by Crippen LogP contribution is -2.34. The monoisotopic (exact) mass is 589 g/mol. The van der Waals surface area contributed by atoms with Gasteiger partial charge in [-0.1, -0.05) is 127 Å². The first-order valence-electron chi connectivity index (χ1n) is 15.7. The van der Waals surface area contributed by atoms with E-state index in [9.17, 15) is 0 Å². The third kappa shape index (κ3) is 3.48. The minimum Gasteiger partial charge on any atom is -0.440 e. The van der Waals surface area contributed by atoms with Crippen molar-refractivity contribution in [3.8, 4) is 50.6 Å². The molecule has 10 rings (SSSR count). The Morgan fingerprint density at radius 2 is 0.978 bits per heavy atom. The van der Waals surface area contributed by atoms with E-state index in [1.54, 1.807) is 0 Å². The highest BCUT2D eigenvalue weighted by molar-refractivity contribution is 6.14. The van der Waals surface area contributed by atoms with Crippen LogP contribution in [-0.2, 0) is 5.79 Å². The van der Waals surface area contributed by atoms with Crippen LogP contribution in [0, 0.1) is 0 Å². The molecular weight excluding hydrogens is 562 g/mol.